The first kappa shape index (κ1) is 14.3. The van der Waals surface area contributed by atoms with Crippen LogP contribution in [0.15, 0.2) is 0 Å². The Balaban J connectivity index is 1.64. The lowest BCUT2D eigenvalue weighted by molar-refractivity contribution is 0.0789. The third-order valence-corrected chi connectivity index (χ3v) is 3.90. The minimum atomic E-state index is 0.652. The first-order valence-corrected chi connectivity index (χ1v) is 7.81. The largest absolute Gasteiger partial charge is 0.380 e. The average molecular weight is 254 g/mol. The molecule has 3 nitrogen and oxygen atoms in total. The lowest BCUT2D eigenvalue weighted by Crippen LogP contribution is -2.45. The van der Waals surface area contributed by atoms with E-state index in [1.165, 1.54) is 45.2 Å². The van der Waals surface area contributed by atoms with Crippen LogP contribution >= 0.6 is 0 Å². The minimum absolute atomic E-state index is 0.652. The van der Waals surface area contributed by atoms with E-state index in [0.29, 0.717) is 5.92 Å². The lowest BCUT2D eigenvalue weighted by Gasteiger charge is -2.30. The van der Waals surface area contributed by atoms with Crippen LogP contribution in [0.2, 0.25) is 0 Å². The van der Waals surface area contributed by atoms with Crippen LogP contribution in [0.25, 0.3) is 0 Å². The van der Waals surface area contributed by atoms with E-state index in [4.69, 9.17) is 4.74 Å². The van der Waals surface area contributed by atoms with Crippen LogP contribution in [0.4, 0.5) is 0 Å². The van der Waals surface area contributed by atoms with Crippen molar-refractivity contribution in [2.24, 2.45) is 5.92 Å². The van der Waals surface area contributed by atoms with Gasteiger partial charge in [-0.3, -0.25) is 4.90 Å². The van der Waals surface area contributed by atoms with E-state index in [0.717, 1.165) is 31.8 Å². The number of nitrogens with zero attached hydrogens (tertiary/aromatic N) is 1. The second-order valence-electron chi connectivity index (χ2n) is 6.34. The second-order valence-corrected chi connectivity index (χ2v) is 6.34. The van der Waals surface area contributed by atoms with Crippen molar-refractivity contribution in [1.82, 2.24) is 10.2 Å². The molecule has 1 heterocycles. The van der Waals surface area contributed by atoms with Gasteiger partial charge in [0.25, 0.3) is 0 Å². The predicted molar refractivity (Wildman–Crippen MR) is 75.9 cm³/mol. The molecular formula is C15H30N2O. The maximum absolute atomic E-state index is 5.73. The molecule has 0 radical (unpaired) electrons. The van der Waals surface area contributed by atoms with Crippen molar-refractivity contribution in [2.75, 3.05) is 32.8 Å². The van der Waals surface area contributed by atoms with Gasteiger partial charge in [0, 0.05) is 31.8 Å². The zero-order valence-corrected chi connectivity index (χ0v) is 12.2. The predicted octanol–water partition coefficient (Wildman–Crippen LogP) is 2.27. The summed E-state index contributed by atoms with van der Waals surface area (Å²) >= 11 is 0. The first-order valence-electron chi connectivity index (χ1n) is 7.81. The molecular weight excluding hydrogens is 224 g/mol. The van der Waals surface area contributed by atoms with Gasteiger partial charge >= 0.3 is 0 Å². The molecule has 2 fully saturated rings. The van der Waals surface area contributed by atoms with E-state index in [2.05, 4.69) is 24.1 Å². The zero-order valence-electron chi connectivity index (χ0n) is 12.2. The molecule has 0 amide bonds. The number of rotatable bonds is 8. The molecule has 3 heteroatoms. The average Bonchev–Trinajstić information content (AvgIpc) is 3.18. The molecule has 2 aliphatic rings. The Morgan fingerprint density at radius 3 is 2.67 bits per heavy atom. The summed E-state index contributed by atoms with van der Waals surface area (Å²) in [5.41, 5.74) is 0. The van der Waals surface area contributed by atoms with Crippen molar-refractivity contribution < 1.29 is 4.74 Å². The van der Waals surface area contributed by atoms with Crippen molar-refractivity contribution in [1.29, 1.82) is 0 Å². The van der Waals surface area contributed by atoms with Gasteiger partial charge in [0.2, 0.25) is 0 Å². The molecule has 106 valence electrons. The molecule has 0 spiro atoms. The highest BCUT2D eigenvalue weighted by molar-refractivity contribution is 4.87. The smallest absolute Gasteiger partial charge is 0.0593 e. The molecule has 1 saturated heterocycles. The molecule has 1 unspecified atom stereocenters. The molecule has 0 aromatic rings. The van der Waals surface area contributed by atoms with Gasteiger partial charge in [-0.15, -0.1) is 0 Å². The van der Waals surface area contributed by atoms with Crippen molar-refractivity contribution in [3.8, 4) is 0 Å². The van der Waals surface area contributed by atoms with Crippen LogP contribution in [0, 0.1) is 5.92 Å². The number of hydrogen-bond acceptors (Lipinski definition) is 3. The Kier molecular flexibility index (Phi) is 5.93. The van der Waals surface area contributed by atoms with E-state index in [9.17, 15) is 0 Å². The highest BCUT2D eigenvalue weighted by Crippen LogP contribution is 2.27. The molecule has 1 aliphatic carbocycles. The minimum Gasteiger partial charge on any atom is -0.380 e. The topological polar surface area (TPSA) is 24.5 Å². The second kappa shape index (κ2) is 7.46. The molecule has 0 bridgehead atoms. The maximum atomic E-state index is 5.73. The summed E-state index contributed by atoms with van der Waals surface area (Å²) in [4.78, 5) is 2.66. The molecule has 1 aliphatic heterocycles. The van der Waals surface area contributed by atoms with Crippen molar-refractivity contribution in [2.45, 2.75) is 58.0 Å². The normalized spacial score (nSPS) is 25.0. The van der Waals surface area contributed by atoms with Crippen LogP contribution in [-0.4, -0.2) is 49.8 Å². The van der Waals surface area contributed by atoms with E-state index in [1.807, 2.05) is 0 Å². The molecule has 0 aromatic heterocycles. The molecule has 18 heavy (non-hydrogen) atoms. The van der Waals surface area contributed by atoms with Crippen LogP contribution in [0.1, 0.15) is 46.0 Å². The van der Waals surface area contributed by atoms with Crippen LogP contribution in [0.3, 0.4) is 0 Å². The number of hydrogen-bond donors (Lipinski definition) is 1. The van der Waals surface area contributed by atoms with Gasteiger partial charge in [0.05, 0.1) is 6.61 Å². The fourth-order valence-corrected chi connectivity index (χ4v) is 2.73. The SMILES string of the molecule is CC(C)COCCN(CC1CCCCN1)C1CC1. The van der Waals surface area contributed by atoms with E-state index < -0.39 is 0 Å². The van der Waals surface area contributed by atoms with Crippen LogP contribution in [0.5, 0.6) is 0 Å². The van der Waals surface area contributed by atoms with Crippen molar-refractivity contribution in [3.05, 3.63) is 0 Å². The van der Waals surface area contributed by atoms with E-state index in [1.54, 1.807) is 0 Å². The standard InChI is InChI=1S/C15H30N2O/c1-13(2)12-18-10-9-17(15-6-7-15)11-14-5-3-4-8-16-14/h13-16H,3-12H2,1-2H3. The van der Waals surface area contributed by atoms with Gasteiger partial charge in [-0.1, -0.05) is 20.3 Å². The van der Waals surface area contributed by atoms with Gasteiger partial charge < -0.3 is 10.1 Å². The highest BCUT2D eigenvalue weighted by Gasteiger charge is 2.30. The summed E-state index contributed by atoms with van der Waals surface area (Å²) in [5.74, 6) is 0.652. The fourth-order valence-electron chi connectivity index (χ4n) is 2.73. The third kappa shape index (κ3) is 5.25. The third-order valence-electron chi connectivity index (χ3n) is 3.90. The molecule has 2 rings (SSSR count). The summed E-state index contributed by atoms with van der Waals surface area (Å²) in [5, 5.41) is 3.66. The Bertz CT molecular complexity index is 223. The van der Waals surface area contributed by atoms with Gasteiger partial charge in [0.15, 0.2) is 0 Å². The van der Waals surface area contributed by atoms with Crippen molar-refractivity contribution in [3.63, 3.8) is 0 Å². The molecule has 0 aromatic carbocycles. The summed E-state index contributed by atoms with van der Waals surface area (Å²) in [6, 6.07) is 1.58. The Labute approximate surface area is 112 Å². The fraction of sp³-hybridized carbons (Fsp3) is 1.00. The summed E-state index contributed by atoms with van der Waals surface area (Å²) in [7, 11) is 0. The Morgan fingerprint density at radius 2 is 2.06 bits per heavy atom. The molecule has 1 saturated carbocycles. The maximum Gasteiger partial charge on any atom is 0.0593 e. The summed E-state index contributed by atoms with van der Waals surface area (Å²) < 4.78 is 5.73. The summed E-state index contributed by atoms with van der Waals surface area (Å²) in [6.07, 6.45) is 6.92. The number of ether oxygens (including phenoxy) is 1. The zero-order chi connectivity index (χ0) is 12.8. The quantitative estimate of drug-likeness (QED) is 0.673. The Hall–Kier alpha value is -0.120. The lowest BCUT2D eigenvalue weighted by atomic mass is 10.0. The van der Waals surface area contributed by atoms with Crippen molar-refractivity contribution >= 4 is 0 Å². The van der Waals surface area contributed by atoms with Gasteiger partial charge in [0.1, 0.15) is 0 Å². The van der Waals surface area contributed by atoms with E-state index in [-0.39, 0.29) is 0 Å². The van der Waals surface area contributed by atoms with Crippen LogP contribution < -0.4 is 5.32 Å². The van der Waals surface area contributed by atoms with Gasteiger partial charge in [-0.05, 0) is 38.1 Å². The number of piperidine rings is 1. The highest BCUT2D eigenvalue weighted by atomic mass is 16.5. The Morgan fingerprint density at radius 1 is 1.22 bits per heavy atom. The number of nitrogens with one attached hydrogen (secondary N) is 1. The van der Waals surface area contributed by atoms with Gasteiger partial charge in [-0.25, -0.2) is 0 Å². The first-order chi connectivity index (χ1) is 8.75. The summed E-state index contributed by atoms with van der Waals surface area (Å²) in [6.45, 7) is 9.80. The monoisotopic (exact) mass is 254 g/mol. The van der Waals surface area contributed by atoms with E-state index >= 15 is 0 Å². The van der Waals surface area contributed by atoms with Crippen LogP contribution in [-0.2, 0) is 4.74 Å². The molecule has 1 N–H and O–H groups in total. The molecule has 1 atom stereocenters. The van der Waals surface area contributed by atoms with Gasteiger partial charge in [-0.2, -0.15) is 0 Å².